The van der Waals surface area contributed by atoms with Crippen molar-refractivity contribution in [3.63, 3.8) is 0 Å². The van der Waals surface area contributed by atoms with Gasteiger partial charge in [0, 0.05) is 0 Å². The van der Waals surface area contributed by atoms with Gasteiger partial charge in [-0.05, 0) is 11.3 Å². The molecule has 0 aliphatic carbocycles. The molecule has 1 atom stereocenters. The fourth-order valence-electron chi connectivity index (χ4n) is 5.73. The Hall–Kier alpha value is 0. The quantitative estimate of drug-likeness (QED) is 0.0826. The lowest BCUT2D eigenvalue weighted by molar-refractivity contribution is 0.240. The molecule has 224 valence electrons. The van der Waals surface area contributed by atoms with Crippen LogP contribution in [0.3, 0.4) is 0 Å². The highest BCUT2D eigenvalue weighted by Gasteiger charge is 2.18. The normalized spacial score (nSPS) is 12.9. The molecule has 0 heterocycles. The fraction of sp³-hybridized carbons (Fsp3) is 1.00. The van der Waals surface area contributed by atoms with E-state index < -0.39 is 0 Å². The molecule has 0 aromatic carbocycles. The Balaban J connectivity index is 3.08. The molecular weight excluding hydrogens is 444 g/mol. The van der Waals surface area contributed by atoms with E-state index in [-0.39, 0.29) is 0 Å². The van der Waals surface area contributed by atoms with Gasteiger partial charge in [0.2, 0.25) is 0 Å². The summed E-state index contributed by atoms with van der Waals surface area (Å²) in [5.74, 6) is 0.862. The third-order valence-corrected chi connectivity index (χ3v) is 9.22. The standard InChI is InChI=1S/C37H76/c1-6-7-8-9-10-11-12-13-14-15-16-17-18-19-20-21-22-23-24-25-26-27-28-29-30-31-32-33-34-35-36(2)37(3,4)5/h36H,6-35H2,1-5H3. The maximum Gasteiger partial charge on any atom is -0.0357 e. The van der Waals surface area contributed by atoms with E-state index in [0.717, 1.165) is 5.92 Å². The van der Waals surface area contributed by atoms with Gasteiger partial charge in [-0.1, -0.05) is 227 Å². The van der Waals surface area contributed by atoms with Crippen LogP contribution >= 0.6 is 0 Å². The second-order valence-electron chi connectivity index (χ2n) is 14.0. The molecule has 0 spiro atoms. The molecule has 0 aromatic rings. The zero-order chi connectivity index (χ0) is 27.3. The first-order valence-electron chi connectivity index (χ1n) is 18.0. The Kier molecular flexibility index (Phi) is 29.0. The van der Waals surface area contributed by atoms with Crippen LogP contribution in [0.25, 0.3) is 0 Å². The topological polar surface area (TPSA) is 0 Å². The van der Waals surface area contributed by atoms with Gasteiger partial charge in [0.1, 0.15) is 0 Å². The highest BCUT2D eigenvalue weighted by molar-refractivity contribution is 4.69. The average Bonchev–Trinajstić information content (AvgIpc) is 2.87. The lowest BCUT2D eigenvalue weighted by Crippen LogP contribution is -2.16. The summed E-state index contributed by atoms with van der Waals surface area (Å²) in [6, 6.07) is 0. The summed E-state index contributed by atoms with van der Waals surface area (Å²) in [5.41, 5.74) is 0.492. The summed E-state index contributed by atoms with van der Waals surface area (Å²) in [5, 5.41) is 0. The van der Waals surface area contributed by atoms with E-state index in [1.165, 1.54) is 193 Å². The van der Waals surface area contributed by atoms with Crippen molar-refractivity contribution in [1.29, 1.82) is 0 Å². The van der Waals surface area contributed by atoms with Gasteiger partial charge in [-0.3, -0.25) is 0 Å². The molecule has 0 rings (SSSR count). The first-order chi connectivity index (χ1) is 18.0. The molecule has 0 nitrogen and oxygen atoms in total. The Morgan fingerprint density at radius 2 is 0.514 bits per heavy atom. The van der Waals surface area contributed by atoms with Gasteiger partial charge in [0.25, 0.3) is 0 Å². The van der Waals surface area contributed by atoms with Crippen LogP contribution in [0.4, 0.5) is 0 Å². The van der Waals surface area contributed by atoms with Crippen molar-refractivity contribution in [1.82, 2.24) is 0 Å². The largest absolute Gasteiger partial charge is 0.0654 e. The van der Waals surface area contributed by atoms with Crippen molar-refractivity contribution in [2.24, 2.45) is 11.3 Å². The predicted octanol–water partition coefficient (Wildman–Crippen LogP) is 14.4. The van der Waals surface area contributed by atoms with E-state index in [0.29, 0.717) is 5.41 Å². The van der Waals surface area contributed by atoms with Crippen LogP contribution in [-0.4, -0.2) is 0 Å². The smallest absolute Gasteiger partial charge is 0.0357 e. The molecule has 0 saturated carbocycles. The zero-order valence-electron chi connectivity index (χ0n) is 27.3. The number of hydrogen-bond donors (Lipinski definition) is 0. The first-order valence-corrected chi connectivity index (χ1v) is 18.0. The maximum atomic E-state index is 2.43. The highest BCUT2D eigenvalue weighted by atomic mass is 14.2. The van der Waals surface area contributed by atoms with Crippen LogP contribution in [0.15, 0.2) is 0 Å². The van der Waals surface area contributed by atoms with Gasteiger partial charge in [0.05, 0.1) is 0 Å². The van der Waals surface area contributed by atoms with Crippen molar-refractivity contribution >= 4 is 0 Å². The average molecular weight is 521 g/mol. The molecule has 0 saturated heterocycles. The summed E-state index contributed by atoms with van der Waals surface area (Å²) in [6.45, 7) is 11.9. The third-order valence-electron chi connectivity index (χ3n) is 9.22. The maximum absolute atomic E-state index is 2.43. The molecule has 0 bridgehead atoms. The van der Waals surface area contributed by atoms with Crippen molar-refractivity contribution in [3.8, 4) is 0 Å². The number of rotatable bonds is 30. The van der Waals surface area contributed by atoms with Crippen molar-refractivity contribution in [2.45, 2.75) is 227 Å². The van der Waals surface area contributed by atoms with Gasteiger partial charge < -0.3 is 0 Å². The van der Waals surface area contributed by atoms with Crippen molar-refractivity contribution in [2.75, 3.05) is 0 Å². The van der Waals surface area contributed by atoms with Crippen LogP contribution in [0.5, 0.6) is 0 Å². The molecule has 0 N–H and O–H groups in total. The Bertz CT molecular complexity index is 403. The molecule has 0 aliphatic heterocycles. The first kappa shape index (κ1) is 37.0. The van der Waals surface area contributed by atoms with Crippen molar-refractivity contribution < 1.29 is 0 Å². The summed E-state index contributed by atoms with van der Waals surface area (Å²) >= 11 is 0. The van der Waals surface area contributed by atoms with E-state index in [9.17, 15) is 0 Å². The minimum absolute atomic E-state index is 0.492. The molecule has 0 aliphatic rings. The van der Waals surface area contributed by atoms with E-state index >= 15 is 0 Å². The summed E-state index contributed by atoms with van der Waals surface area (Å²) in [4.78, 5) is 0. The van der Waals surface area contributed by atoms with Gasteiger partial charge in [-0.15, -0.1) is 0 Å². The minimum Gasteiger partial charge on any atom is -0.0654 e. The lowest BCUT2D eigenvalue weighted by atomic mass is 9.79. The van der Waals surface area contributed by atoms with Crippen LogP contribution in [0.2, 0.25) is 0 Å². The summed E-state index contributed by atoms with van der Waals surface area (Å²) in [6.07, 6.45) is 44.3. The molecule has 0 fully saturated rings. The summed E-state index contributed by atoms with van der Waals surface area (Å²) < 4.78 is 0. The SMILES string of the molecule is CCCCCCCCCCCCCCCCCCCCCCCCCCCCCCCC(C)C(C)(C)C. The molecule has 1 unspecified atom stereocenters. The van der Waals surface area contributed by atoms with E-state index in [1.807, 2.05) is 0 Å². The second kappa shape index (κ2) is 29.0. The van der Waals surface area contributed by atoms with Crippen LogP contribution < -0.4 is 0 Å². The lowest BCUT2D eigenvalue weighted by Gasteiger charge is -2.27. The summed E-state index contributed by atoms with van der Waals surface area (Å²) in [7, 11) is 0. The van der Waals surface area contributed by atoms with Gasteiger partial charge in [0.15, 0.2) is 0 Å². The zero-order valence-corrected chi connectivity index (χ0v) is 27.3. The number of hydrogen-bond acceptors (Lipinski definition) is 0. The molecule has 37 heavy (non-hydrogen) atoms. The van der Waals surface area contributed by atoms with Gasteiger partial charge >= 0.3 is 0 Å². The van der Waals surface area contributed by atoms with Gasteiger partial charge in [-0.2, -0.15) is 0 Å². The van der Waals surface area contributed by atoms with E-state index in [1.54, 1.807) is 0 Å². The van der Waals surface area contributed by atoms with E-state index in [4.69, 9.17) is 0 Å². The van der Waals surface area contributed by atoms with E-state index in [2.05, 4.69) is 34.6 Å². The molecule has 0 radical (unpaired) electrons. The Labute approximate surface area is 238 Å². The molecular formula is C37H76. The molecule has 0 amide bonds. The Morgan fingerprint density at radius 3 is 0.703 bits per heavy atom. The van der Waals surface area contributed by atoms with Crippen LogP contribution in [-0.2, 0) is 0 Å². The fourth-order valence-corrected chi connectivity index (χ4v) is 5.73. The van der Waals surface area contributed by atoms with Crippen molar-refractivity contribution in [3.05, 3.63) is 0 Å². The molecule has 0 heteroatoms. The van der Waals surface area contributed by atoms with Gasteiger partial charge in [-0.25, -0.2) is 0 Å². The number of unbranched alkanes of at least 4 members (excludes halogenated alkanes) is 28. The van der Waals surface area contributed by atoms with Crippen LogP contribution in [0, 0.1) is 11.3 Å². The second-order valence-corrected chi connectivity index (χ2v) is 14.0. The highest BCUT2D eigenvalue weighted by Crippen LogP contribution is 2.29. The monoisotopic (exact) mass is 521 g/mol. The molecule has 0 aromatic heterocycles. The minimum atomic E-state index is 0.492. The van der Waals surface area contributed by atoms with Crippen LogP contribution in [0.1, 0.15) is 227 Å². The third kappa shape index (κ3) is 30.4. The predicted molar refractivity (Wildman–Crippen MR) is 173 cm³/mol. The Morgan fingerprint density at radius 1 is 0.324 bits per heavy atom.